The van der Waals surface area contributed by atoms with E-state index in [1.54, 1.807) is 0 Å². The van der Waals surface area contributed by atoms with Crippen molar-refractivity contribution in [1.82, 2.24) is 5.32 Å². The lowest BCUT2D eigenvalue weighted by atomic mass is 9.88. The molecule has 3 heteroatoms. The molecule has 0 bridgehead atoms. The molecule has 1 atom stereocenters. The van der Waals surface area contributed by atoms with E-state index >= 15 is 0 Å². The molecular formula is C13H25NO2. The van der Waals surface area contributed by atoms with Crippen molar-refractivity contribution in [2.75, 3.05) is 19.8 Å². The van der Waals surface area contributed by atoms with E-state index in [0.717, 1.165) is 32.6 Å². The highest BCUT2D eigenvalue weighted by Crippen LogP contribution is 2.37. The van der Waals surface area contributed by atoms with Crippen LogP contribution < -0.4 is 5.32 Å². The van der Waals surface area contributed by atoms with Gasteiger partial charge in [0.05, 0.1) is 13.2 Å². The summed E-state index contributed by atoms with van der Waals surface area (Å²) in [5.74, 6) is 0.342. The van der Waals surface area contributed by atoms with Crippen molar-refractivity contribution < 1.29 is 9.47 Å². The van der Waals surface area contributed by atoms with Crippen LogP contribution in [0.4, 0.5) is 0 Å². The molecule has 16 heavy (non-hydrogen) atoms. The minimum Gasteiger partial charge on any atom is -0.349 e. The lowest BCUT2D eigenvalue weighted by molar-refractivity contribution is -0.312. The second-order valence-corrected chi connectivity index (χ2v) is 6.41. The Balaban J connectivity index is 1.98. The first-order chi connectivity index (χ1) is 7.43. The molecule has 2 fully saturated rings. The van der Waals surface area contributed by atoms with Gasteiger partial charge in [0.15, 0.2) is 5.79 Å². The smallest absolute Gasteiger partial charge is 0.171 e. The molecule has 0 amide bonds. The van der Waals surface area contributed by atoms with Crippen molar-refractivity contribution in [2.24, 2.45) is 11.3 Å². The van der Waals surface area contributed by atoms with Crippen LogP contribution >= 0.6 is 0 Å². The van der Waals surface area contributed by atoms with Gasteiger partial charge in [-0.25, -0.2) is 0 Å². The maximum atomic E-state index is 6.04. The Kier molecular flexibility index (Phi) is 3.30. The molecule has 1 unspecified atom stereocenters. The molecule has 2 rings (SSSR count). The highest BCUT2D eigenvalue weighted by molar-refractivity contribution is 4.90. The first kappa shape index (κ1) is 12.3. The molecule has 0 saturated carbocycles. The molecule has 2 aliphatic rings. The molecular weight excluding hydrogens is 202 g/mol. The number of piperidine rings is 1. The quantitative estimate of drug-likeness (QED) is 0.744. The number of hydrogen-bond acceptors (Lipinski definition) is 3. The fourth-order valence-corrected chi connectivity index (χ4v) is 2.43. The Morgan fingerprint density at radius 1 is 1.19 bits per heavy atom. The number of hydrogen-bond donors (Lipinski definition) is 1. The van der Waals surface area contributed by atoms with Crippen LogP contribution in [0.15, 0.2) is 0 Å². The highest BCUT2D eigenvalue weighted by atomic mass is 16.7. The summed E-state index contributed by atoms with van der Waals surface area (Å²) in [6.07, 6.45) is 1.97. The molecule has 94 valence electrons. The van der Waals surface area contributed by atoms with Crippen LogP contribution in [0.3, 0.4) is 0 Å². The number of rotatable bonds is 1. The SMILES string of the molecule is CC(C)C1CC2(CCN1)OCC(C)(C)CO2. The van der Waals surface area contributed by atoms with Gasteiger partial charge in [0.25, 0.3) is 0 Å². The Morgan fingerprint density at radius 2 is 1.81 bits per heavy atom. The van der Waals surface area contributed by atoms with Crippen LogP contribution in [0.25, 0.3) is 0 Å². The second kappa shape index (κ2) is 4.28. The minimum atomic E-state index is -0.296. The molecule has 1 spiro atoms. The highest BCUT2D eigenvalue weighted by Gasteiger charge is 2.44. The average Bonchev–Trinajstić information content (AvgIpc) is 2.24. The fraction of sp³-hybridized carbons (Fsp3) is 1.00. The van der Waals surface area contributed by atoms with Crippen LogP contribution in [-0.4, -0.2) is 31.6 Å². The minimum absolute atomic E-state index is 0.170. The number of nitrogens with one attached hydrogen (secondary N) is 1. The van der Waals surface area contributed by atoms with E-state index in [1.165, 1.54) is 0 Å². The van der Waals surface area contributed by atoms with Gasteiger partial charge >= 0.3 is 0 Å². The summed E-state index contributed by atoms with van der Waals surface area (Å²) in [6, 6.07) is 0.523. The largest absolute Gasteiger partial charge is 0.349 e. The van der Waals surface area contributed by atoms with Gasteiger partial charge in [-0.05, 0) is 5.92 Å². The lowest BCUT2D eigenvalue weighted by Crippen LogP contribution is -2.57. The van der Waals surface area contributed by atoms with E-state index < -0.39 is 0 Å². The third-order valence-electron chi connectivity index (χ3n) is 3.70. The summed E-state index contributed by atoms with van der Waals surface area (Å²) < 4.78 is 12.1. The summed E-state index contributed by atoms with van der Waals surface area (Å²) >= 11 is 0. The predicted molar refractivity (Wildman–Crippen MR) is 64.3 cm³/mol. The topological polar surface area (TPSA) is 30.5 Å². The van der Waals surface area contributed by atoms with Gasteiger partial charge in [0, 0.05) is 30.8 Å². The van der Waals surface area contributed by atoms with E-state index in [2.05, 4.69) is 33.0 Å². The van der Waals surface area contributed by atoms with Gasteiger partial charge < -0.3 is 14.8 Å². The lowest BCUT2D eigenvalue weighted by Gasteiger charge is -2.48. The first-order valence-electron chi connectivity index (χ1n) is 6.44. The average molecular weight is 227 g/mol. The van der Waals surface area contributed by atoms with Crippen LogP contribution in [-0.2, 0) is 9.47 Å². The van der Waals surface area contributed by atoms with E-state index in [0.29, 0.717) is 12.0 Å². The fourth-order valence-electron chi connectivity index (χ4n) is 2.43. The zero-order chi connectivity index (χ0) is 11.8. The predicted octanol–water partition coefficient (Wildman–Crippen LogP) is 2.16. The maximum Gasteiger partial charge on any atom is 0.171 e. The van der Waals surface area contributed by atoms with Crippen molar-refractivity contribution >= 4 is 0 Å². The zero-order valence-electron chi connectivity index (χ0n) is 11.0. The van der Waals surface area contributed by atoms with E-state index in [4.69, 9.17) is 9.47 Å². The third-order valence-corrected chi connectivity index (χ3v) is 3.70. The monoisotopic (exact) mass is 227 g/mol. The van der Waals surface area contributed by atoms with E-state index in [-0.39, 0.29) is 11.2 Å². The maximum absolute atomic E-state index is 6.04. The van der Waals surface area contributed by atoms with Crippen molar-refractivity contribution in [1.29, 1.82) is 0 Å². The van der Waals surface area contributed by atoms with Crippen LogP contribution in [0, 0.1) is 11.3 Å². The molecule has 1 N–H and O–H groups in total. The van der Waals surface area contributed by atoms with Gasteiger partial charge in [0.1, 0.15) is 0 Å². The standard InChI is InChI=1S/C13H25NO2/c1-10(2)11-7-13(5-6-14-11)15-8-12(3,4)9-16-13/h10-11,14H,5-9H2,1-4H3. The van der Waals surface area contributed by atoms with E-state index in [9.17, 15) is 0 Å². The molecule has 0 aromatic heterocycles. The zero-order valence-corrected chi connectivity index (χ0v) is 11.0. The van der Waals surface area contributed by atoms with Crippen LogP contribution in [0.1, 0.15) is 40.5 Å². The first-order valence-corrected chi connectivity index (χ1v) is 6.44. The molecule has 2 heterocycles. The summed E-state index contributed by atoms with van der Waals surface area (Å²) in [6.45, 7) is 11.5. The van der Waals surface area contributed by atoms with Gasteiger partial charge in [-0.15, -0.1) is 0 Å². The second-order valence-electron chi connectivity index (χ2n) is 6.41. The van der Waals surface area contributed by atoms with Gasteiger partial charge in [-0.2, -0.15) is 0 Å². The molecule has 0 aromatic rings. The van der Waals surface area contributed by atoms with Gasteiger partial charge in [-0.3, -0.25) is 0 Å². The summed E-state index contributed by atoms with van der Waals surface area (Å²) in [7, 11) is 0. The van der Waals surface area contributed by atoms with Crippen molar-refractivity contribution in [2.45, 2.75) is 52.4 Å². The van der Waals surface area contributed by atoms with Crippen LogP contribution in [0.2, 0.25) is 0 Å². The molecule has 0 aliphatic carbocycles. The van der Waals surface area contributed by atoms with E-state index in [1.807, 2.05) is 0 Å². The van der Waals surface area contributed by atoms with Crippen molar-refractivity contribution in [3.05, 3.63) is 0 Å². The molecule has 2 saturated heterocycles. The van der Waals surface area contributed by atoms with Crippen LogP contribution in [0.5, 0.6) is 0 Å². The summed E-state index contributed by atoms with van der Waals surface area (Å²) in [4.78, 5) is 0. The molecule has 2 aliphatic heterocycles. The molecule has 0 aromatic carbocycles. The Morgan fingerprint density at radius 3 is 2.38 bits per heavy atom. The Labute approximate surface area is 98.9 Å². The molecule has 3 nitrogen and oxygen atoms in total. The summed E-state index contributed by atoms with van der Waals surface area (Å²) in [5.41, 5.74) is 0.170. The Bertz CT molecular complexity index is 240. The summed E-state index contributed by atoms with van der Waals surface area (Å²) in [5, 5.41) is 3.55. The van der Waals surface area contributed by atoms with Crippen molar-refractivity contribution in [3.63, 3.8) is 0 Å². The van der Waals surface area contributed by atoms with Gasteiger partial charge in [-0.1, -0.05) is 27.7 Å². The number of ether oxygens (including phenoxy) is 2. The van der Waals surface area contributed by atoms with Crippen molar-refractivity contribution in [3.8, 4) is 0 Å². The third kappa shape index (κ3) is 2.58. The Hall–Kier alpha value is -0.120. The normalized spacial score (nSPS) is 33.2. The van der Waals surface area contributed by atoms with Gasteiger partial charge in [0.2, 0.25) is 0 Å². The molecule has 0 radical (unpaired) electrons.